The monoisotopic (exact) mass is 117 g/mol. The second-order valence-corrected chi connectivity index (χ2v) is 1.88. The molecule has 1 fully saturated rings. The van der Waals surface area contributed by atoms with Crippen LogP contribution >= 0.6 is 0 Å². The van der Waals surface area contributed by atoms with Crippen LogP contribution in [0.2, 0.25) is 0 Å². The molecule has 0 aromatic rings. The second kappa shape index (κ2) is 5.06. The van der Waals surface area contributed by atoms with Crippen LogP contribution in [0.15, 0.2) is 0 Å². The van der Waals surface area contributed by atoms with E-state index in [0.717, 1.165) is 6.04 Å². The van der Waals surface area contributed by atoms with Crippen molar-refractivity contribution >= 4 is 0 Å². The summed E-state index contributed by atoms with van der Waals surface area (Å²) in [6, 6.07) is 0.884. The maximum absolute atomic E-state index is 7.57. The first-order valence-corrected chi connectivity index (χ1v) is 3.13. The Kier molecular flexibility index (Phi) is 5.01. The van der Waals surface area contributed by atoms with Crippen LogP contribution in [0.5, 0.6) is 0 Å². The summed E-state index contributed by atoms with van der Waals surface area (Å²) in [4.78, 5) is 0. The van der Waals surface area contributed by atoms with Gasteiger partial charge in [0.05, 0.1) is 0 Å². The third-order valence-electron chi connectivity index (χ3n) is 0.986. The number of aliphatic hydroxyl groups is 1. The average Bonchev–Trinajstić information content (AvgIpc) is 2.48. The maximum Gasteiger partial charge on any atom is 0.0402 e. The number of nitrogens with one attached hydrogen (secondary N) is 1. The van der Waals surface area contributed by atoms with E-state index >= 15 is 0 Å². The Bertz CT molecular complexity index is 43.8. The lowest BCUT2D eigenvalue weighted by molar-refractivity contribution is 0.318. The summed E-state index contributed by atoms with van der Waals surface area (Å²) in [7, 11) is 2.01. The fourth-order valence-electron chi connectivity index (χ4n) is 0.372. The van der Waals surface area contributed by atoms with Gasteiger partial charge in [-0.2, -0.15) is 0 Å². The van der Waals surface area contributed by atoms with Crippen LogP contribution in [0.1, 0.15) is 19.8 Å². The van der Waals surface area contributed by atoms with E-state index in [0.29, 0.717) is 0 Å². The van der Waals surface area contributed by atoms with Crippen molar-refractivity contribution < 1.29 is 5.11 Å². The molecule has 8 heavy (non-hydrogen) atoms. The Hall–Kier alpha value is -0.0800. The predicted octanol–water partition coefficient (Wildman–Crippen LogP) is 0.367. The molecular formula is C6H15NO. The fourth-order valence-corrected chi connectivity index (χ4v) is 0.372. The van der Waals surface area contributed by atoms with Crippen molar-refractivity contribution in [3.8, 4) is 0 Å². The summed E-state index contributed by atoms with van der Waals surface area (Å²) in [5.74, 6) is 0. The van der Waals surface area contributed by atoms with E-state index in [-0.39, 0.29) is 6.61 Å². The predicted molar refractivity (Wildman–Crippen MR) is 34.8 cm³/mol. The molecule has 1 aliphatic carbocycles. The first kappa shape index (κ1) is 7.92. The van der Waals surface area contributed by atoms with E-state index < -0.39 is 0 Å². The molecule has 0 spiro atoms. The van der Waals surface area contributed by atoms with Crippen molar-refractivity contribution in [1.82, 2.24) is 5.32 Å². The topological polar surface area (TPSA) is 32.3 Å². The van der Waals surface area contributed by atoms with Gasteiger partial charge < -0.3 is 10.4 Å². The van der Waals surface area contributed by atoms with E-state index in [1.165, 1.54) is 12.8 Å². The van der Waals surface area contributed by atoms with Crippen LogP contribution in [-0.4, -0.2) is 24.8 Å². The normalized spacial score (nSPS) is 16.9. The van der Waals surface area contributed by atoms with E-state index in [4.69, 9.17) is 5.11 Å². The van der Waals surface area contributed by atoms with E-state index in [1.54, 1.807) is 6.92 Å². The standard InChI is InChI=1S/C4H9N.C2H6O/c1-5-4-2-3-4;1-2-3/h4-5H,2-3H2,1H3;3H,2H2,1H3. The third kappa shape index (κ3) is 5.92. The summed E-state index contributed by atoms with van der Waals surface area (Å²) < 4.78 is 0. The molecule has 2 heteroatoms. The summed E-state index contributed by atoms with van der Waals surface area (Å²) in [5.41, 5.74) is 0. The van der Waals surface area contributed by atoms with Gasteiger partial charge in [-0.1, -0.05) is 0 Å². The van der Waals surface area contributed by atoms with E-state index in [9.17, 15) is 0 Å². The highest BCUT2D eigenvalue weighted by Gasteiger charge is 2.17. The summed E-state index contributed by atoms with van der Waals surface area (Å²) in [5, 5.41) is 10.7. The lowest BCUT2D eigenvalue weighted by Gasteiger charge is -1.80. The number of aliphatic hydroxyl groups excluding tert-OH is 1. The maximum atomic E-state index is 7.57. The SMILES string of the molecule is CCO.CNC1CC1. The van der Waals surface area contributed by atoms with Crippen molar-refractivity contribution in [2.24, 2.45) is 0 Å². The quantitative estimate of drug-likeness (QED) is 0.520. The van der Waals surface area contributed by atoms with Crippen LogP contribution in [-0.2, 0) is 0 Å². The minimum atomic E-state index is 0.250. The fraction of sp³-hybridized carbons (Fsp3) is 1.00. The Morgan fingerprint density at radius 2 is 2.00 bits per heavy atom. The Morgan fingerprint density at radius 3 is 2.00 bits per heavy atom. The molecule has 1 rings (SSSR count). The third-order valence-corrected chi connectivity index (χ3v) is 0.986. The molecule has 1 aliphatic rings. The molecule has 0 aromatic carbocycles. The summed E-state index contributed by atoms with van der Waals surface area (Å²) in [6.07, 6.45) is 2.80. The van der Waals surface area contributed by atoms with Gasteiger partial charge in [0.1, 0.15) is 0 Å². The van der Waals surface area contributed by atoms with Gasteiger partial charge in [-0.05, 0) is 26.8 Å². The number of hydrogen-bond acceptors (Lipinski definition) is 2. The Morgan fingerprint density at radius 1 is 1.62 bits per heavy atom. The molecule has 0 aromatic heterocycles. The molecule has 0 atom stereocenters. The van der Waals surface area contributed by atoms with Gasteiger partial charge in [0, 0.05) is 12.6 Å². The summed E-state index contributed by atoms with van der Waals surface area (Å²) >= 11 is 0. The zero-order valence-corrected chi connectivity index (χ0v) is 5.65. The zero-order chi connectivity index (χ0) is 6.41. The highest BCUT2D eigenvalue weighted by Crippen LogP contribution is 2.16. The highest BCUT2D eigenvalue weighted by molar-refractivity contribution is 4.78. The van der Waals surface area contributed by atoms with Gasteiger partial charge in [0.2, 0.25) is 0 Å². The van der Waals surface area contributed by atoms with Crippen LogP contribution < -0.4 is 5.32 Å². The van der Waals surface area contributed by atoms with Gasteiger partial charge in [-0.15, -0.1) is 0 Å². The van der Waals surface area contributed by atoms with Crippen LogP contribution in [0.4, 0.5) is 0 Å². The van der Waals surface area contributed by atoms with E-state index in [2.05, 4.69) is 5.32 Å². The van der Waals surface area contributed by atoms with Gasteiger partial charge >= 0.3 is 0 Å². The van der Waals surface area contributed by atoms with Crippen molar-refractivity contribution in [2.45, 2.75) is 25.8 Å². The minimum absolute atomic E-state index is 0.250. The largest absolute Gasteiger partial charge is 0.397 e. The van der Waals surface area contributed by atoms with Crippen LogP contribution in [0.25, 0.3) is 0 Å². The molecule has 1 saturated carbocycles. The highest BCUT2D eigenvalue weighted by atomic mass is 16.2. The van der Waals surface area contributed by atoms with Crippen molar-refractivity contribution in [3.05, 3.63) is 0 Å². The van der Waals surface area contributed by atoms with Crippen LogP contribution in [0, 0.1) is 0 Å². The van der Waals surface area contributed by atoms with Crippen molar-refractivity contribution in [3.63, 3.8) is 0 Å². The van der Waals surface area contributed by atoms with E-state index in [1.807, 2.05) is 7.05 Å². The molecule has 0 unspecified atom stereocenters. The lowest BCUT2D eigenvalue weighted by atomic mass is 10.7. The first-order valence-electron chi connectivity index (χ1n) is 3.13. The Labute approximate surface area is 50.9 Å². The molecule has 50 valence electrons. The molecule has 0 radical (unpaired) electrons. The minimum Gasteiger partial charge on any atom is -0.397 e. The summed E-state index contributed by atoms with van der Waals surface area (Å²) in [6.45, 7) is 1.93. The van der Waals surface area contributed by atoms with Crippen molar-refractivity contribution in [1.29, 1.82) is 0 Å². The van der Waals surface area contributed by atoms with Crippen LogP contribution in [0.3, 0.4) is 0 Å². The number of rotatable bonds is 1. The molecular weight excluding hydrogens is 102 g/mol. The Balaban J connectivity index is 0.000000145. The molecule has 0 saturated heterocycles. The van der Waals surface area contributed by atoms with Crippen molar-refractivity contribution in [2.75, 3.05) is 13.7 Å². The smallest absolute Gasteiger partial charge is 0.0402 e. The molecule has 2 N–H and O–H groups in total. The molecule has 2 nitrogen and oxygen atoms in total. The molecule has 0 heterocycles. The van der Waals surface area contributed by atoms with Gasteiger partial charge in [-0.25, -0.2) is 0 Å². The van der Waals surface area contributed by atoms with Gasteiger partial charge in [0.15, 0.2) is 0 Å². The number of hydrogen-bond donors (Lipinski definition) is 2. The molecule has 0 amide bonds. The van der Waals surface area contributed by atoms with Gasteiger partial charge in [0.25, 0.3) is 0 Å². The average molecular weight is 117 g/mol. The molecule has 0 bridgehead atoms. The molecule has 0 aliphatic heterocycles. The zero-order valence-electron chi connectivity index (χ0n) is 5.65. The first-order chi connectivity index (χ1) is 3.85. The van der Waals surface area contributed by atoms with Gasteiger partial charge in [-0.3, -0.25) is 0 Å². The second-order valence-electron chi connectivity index (χ2n) is 1.88. The lowest BCUT2D eigenvalue weighted by Crippen LogP contribution is -2.06.